The van der Waals surface area contributed by atoms with E-state index in [1.54, 1.807) is 25.4 Å². The zero-order valence-electron chi connectivity index (χ0n) is 27.7. The summed E-state index contributed by atoms with van der Waals surface area (Å²) in [6, 6.07) is 8.31. The molecule has 2 aliphatic heterocycles. The molecule has 2 N–H and O–H groups in total. The van der Waals surface area contributed by atoms with Gasteiger partial charge in [-0.3, -0.25) is 19.2 Å². The molecule has 4 aromatic rings. The average molecular weight is 696 g/mol. The number of morpholine rings is 1. The Balaban J connectivity index is 1.27. The van der Waals surface area contributed by atoms with Crippen LogP contribution in [0.2, 0.25) is 5.02 Å². The molecule has 6 rings (SSSR count). The van der Waals surface area contributed by atoms with Gasteiger partial charge in [-0.05, 0) is 43.0 Å². The standard InChI is InChI=1S/C33H42ClN9O4S/c1-5-6-22-19-27(29(46-3)20-28(22)43-13-9-23(10-14-43)42-15-17-47-18-16-42)39-33-37-21-24(34)32(40-33)38-26-8-7-25-30(36-12-11-35-25)31(26)41(2)48(4,44)45/h7-8,11-12,19-21,23H,5-6,9-10,13-18H2,1-4H3,(H2,37,38,39,40). The maximum Gasteiger partial charge on any atom is 0.232 e. The van der Waals surface area contributed by atoms with Crippen molar-refractivity contribution in [2.75, 3.05) is 79.6 Å². The second-order valence-electron chi connectivity index (χ2n) is 12.1. The van der Waals surface area contributed by atoms with E-state index >= 15 is 0 Å². The average Bonchev–Trinajstić information content (AvgIpc) is 3.09. The quantitative estimate of drug-likeness (QED) is 0.213. The number of aromatic nitrogens is 4. The molecule has 2 fully saturated rings. The third-order valence-electron chi connectivity index (χ3n) is 8.96. The summed E-state index contributed by atoms with van der Waals surface area (Å²) >= 11 is 6.57. The highest BCUT2D eigenvalue weighted by atomic mass is 35.5. The van der Waals surface area contributed by atoms with E-state index in [9.17, 15) is 8.42 Å². The molecular weight excluding hydrogens is 654 g/mol. The van der Waals surface area contributed by atoms with Crippen molar-refractivity contribution < 1.29 is 17.9 Å². The Morgan fingerprint density at radius 1 is 1.04 bits per heavy atom. The maximum atomic E-state index is 12.6. The van der Waals surface area contributed by atoms with Crippen LogP contribution in [-0.4, -0.2) is 99.1 Å². The molecule has 256 valence electrons. The number of methoxy groups -OCH3 is 1. The Labute approximate surface area is 286 Å². The van der Waals surface area contributed by atoms with Gasteiger partial charge in [-0.25, -0.2) is 13.4 Å². The smallest absolute Gasteiger partial charge is 0.232 e. The molecule has 0 unspecified atom stereocenters. The van der Waals surface area contributed by atoms with E-state index in [2.05, 4.69) is 59.4 Å². The minimum atomic E-state index is -3.63. The van der Waals surface area contributed by atoms with Crippen molar-refractivity contribution in [3.05, 3.63) is 53.4 Å². The van der Waals surface area contributed by atoms with Gasteiger partial charge in [0.1, 0.15) is 22.0 Å². The topological polar surface area (TPSA) is 138 Å². The van der Waals surface area contributed by atoms with Crippen LogP contribution in [0.4, 0.5) is 34.5 Å². The number of anilines is 6. The van der Waals surface area contributed by atoms with Crippen LogP contribution < -0.4 is 24.6 Å². The number of rotatable bonds is 11. The molecule has 0 bridgehead atoms. The van der Waals surface area contributed by atoms with Crippen molar-refractivity contribution in [2.24, 2.45) is 0 Å². The molecular formula is C33H42ClN9O4S. The molecule has 4 heterocycles. The van der Waals surface area contributed by atoms with Crippen molar-refractivity contribution in [1.29, 1.82) is 0 Å². The summed E-state index contributed by atoms with van der Waals surface area (Å²) in [7, 11) is -0.508. The van der Waals surface area contributed by atoms with E-state index in [-0.39, 0.29) is 10.8 Å². The second kappa shape index (κ2) is 14.6. The molecule has 2 saturated heterocycles. The molecule has 0 saturated carbocycles. The van der Waals surface area contributed by atoms with Crippen LogP contribution in [0.1, 0.15) is 31.7 Å². The lowest BCUT2D eigenvalue weighted by Crippen LogP contribution is -2.49. The predicted molar refractivity (Wildman–Crippen MR) is 191 cm³/mol. The van der Waals surface area contributed by atoms with Gasteiger partial charge >= 0.3 is 0 Å². The summed E-state index contributed by atoms with van der Waals surface area (Å²) < 4.78 is 37.8. The van der Waals surface area contributed by atoms with Crippen LogP contribution in [-0.2, 0) is 21.2 Å². The Hall–Kier alpha value is -3.98. The molecule has 48 heavy (non-hydrogen) atoms. The fourth-order valence-corrected chi connectivity index (χ4v) is 7.08. The minimum absolute atomic E-state index is 0.252. The van der Waals surface area contributed by atoms with Crippen molar-refractivity contribution in [1.82, 2.24) is 24.8 Å². The highest BCUT2D eigenvalue weighted by molar-refractivity contribution is 7.92. The molecule has 2 aromatic heterocycles. The summed E-state index contributed by atoms with van der Waals surface area (Å²) in [4.78, 5) is 22.9. The third-order valence-corrected chi connectivity index (χ3v) is 10.4. The number of aryl methyl sites for hydroxylation is 1. The largest absolute Gasteiger partial charge is 0.494 e. The van der Waals surface area contributed by atoms with Gasteiger partial charge in [-0.15, -0.1) is 0 Å². The molecule has 15 heteroatoms. The summed E-state index contributed by atoms with van der Waals surface area (Å²) in [5, 5.41) is 6.79. The highest BCUT2D eigenvalue weighted by Crippen LogP contribution is 2.39. The number of hydrogen-bond acceptors (Lipinski definition) is 12. The van der Waals surface area contributed by atoms with Crippen LogP contribution in [0, 0.1) is 0 Å². The number of nitrogens with one attached hydrogen (secondary N) is 2. The maximum absolute atomic E-state index is 12.6. The van der Waals surface area contributed by atoms with Gasteiger partial charge in [-0.2, -0.15) is 4.98 Å². The van der Waals surface area contributed by atoms with E-state index in [1.807, 2.05) is 0 Å². The number of benzene rings is 2. The van der Waals surface area contributed by atoms with Gasteiger partial charge in [0.25, 0.3) is 0 Å². The Morgan fingerprint density at radius 2 is 1.79 bits per heavy atom. The van der Waals surface area contributed by atoms with Crippen LogP contribution >= 0.6 is 11.6 Å². The summed E-state index contributed by atoms with van der Waals surface area (Å²) in [5.74, 6) is 1.26. The zero-order chi connectivity index (χ0) is 33.8. The Bertz CT molecular complexity index is 1870. The van der Waals surface area contributed by atoms with Crippen molar-refractivity contribution in [3.8, 4) is 5.75 Å². The predicted octanol–water partition coefficient (Wildman–Crippen LogP) is 5.22. The molecule has 13 nitrogen and oxygen atoms in total. The van der Waals surface area contributed by atoms with Gasteiger partial charge in [0.05, 0.1) is 49.7 Å². The number of sulfonamides is 1. The monoisotopic (exact) mass is 695 g/mol. The minimum Gasteiger partial charge on any atom is -0.494 e. The summed E-state index contributed by atoms with van der Waals surface area (Å²) in [6.07, 6.45) is 9.84. The Kier molecular flexibility index (Phi) is 10.3. The van der Waals surface area contributed by atoms with Gasteiger partial charge in [0, 0.05) is 63.4 Å². The number of fused-ring (bicyclic) bond motifs is 1. The van der Waals surface area contributed by atoms with Crippen LogP contribution in [0.3, 0.4) is 0 Å². The number of halogens is 1. The molecule has 0 radical (unpaired) electrons. The first-order chi connectivity index (χ1) is 23.2. The Morgan fingerprint density at radius 3 is 2.50 bits per heavy atom. The van der Waals surface area contributed by atoms with Gasteiger partial charge in [-0.1, -0.05) is 24.9 Å². The van der Waals surface area contributed by atoms with E-state index in [1.165, 1.54) is 30.7 Å². The van der Waals surface area contributed by atoms with Crippen molar-refractivity contribution >= 4 is 67.2 Å². The molecule has 0 amide bonds. The van der Waals surface area contributed by atoms with Gasteiger partial charge in [0.15, 0.2) is 5.82 Å². The first-order valence-corrected chi connectivity index (χ1v) is 18.4. The van der Waals surface area contributed by atoms with E-state index in [0.717, 1.165) is 81.3 Å². The number of piperidine rings is 1. The first-order valence-electron chi connectivity index (χ1n) is 16.2. The zero-order valence-corrected chi connectivity index (χ0v) is 29.3. The number of hydrogen-bond donors (Lipinski definition) is 2. The lowest BCUT2D eigenvalue weighted by molar-refractivity contribution is 0.0115. The summed E-state index contributed by atoms with van der Waals surface area (Å²) in [5.41, 5.74) is 4.88. The fraction of sp³-hybridized carbons (Fsp3) is 0.455. The van der Waals surface area contributed by atoms with Gasteiger partial charge in [0.2, 0.25) is 16.0 Å². The lowest BCUT2D eigenvalue weighted by Gasteiger charge is -2.41. The highest BCUT2D eigenvalue weighted by Gasteiger charge is 2.28. The normalized spacial score (nSPS) is 16.2. The lowest BCUT2D eigenvalue weighted by atomic mass is 9.99. The molecule has 2 aliphatic rings. The number of nitrogens with zero attached hydrogens (tertiary/aromatic N) is 7. The van der Waals surface area contributed by atoms with E-state index in [4.69, 9.17) is 21.1 Å². The van der Waals surface area contributed by atoms with Crippen molar-refractivity contribution in [3.63, 3.8) is 0 Å². The van der Waals surface area contributed by atoms with Crippen LogP contribution in [0.25, 0.3) is 11.0 Å². The molecule has 0 aliphatic carbocycles. The van der Waals surface area contributed by atoms with E-state index in [0.29, 0.717) is 40.1 Å². The summed E-state index contributed by atoms with van der Waals surface area (Å²) in [6.45, 7) is 7.82. The first kappa shape index (κ1) is 33.9. The van der Waals surface area contributed by atoms with E-state index < -0.39 is 10.0 Å². The third kappa shape index (κ3) is 7.36. The fourth-order valence-electron chi connectivity index (χ4n) is 6.43. The van der Waals surface area contributed by atoms with Crippen LogP contribution in [0.5, 0.6) is 5.75 Å². The molecule has 0 atom stereocenters. The van der Waals surface area contributed by atoms with Crippen molar-refractivity contribution in [2.45, 2.75) is 38.6 Å². The number of ether oxygens (including phenoxy) is 2. The molecule has 2 aromatic carbocycles. The SMILES string of the molecule is CCCc1cc(Nc2ncc(Cl)c(Nc3ccc4nccnc4c3N(C)S(C)(=O)=O)n2)c(OC)cc1N1CCC(N2CCOCC2)CC1. The molecule has 0 spiro atoms. The van der Waals surface area contributed by atoms with Crippen LogP contribution in [0.15, 0.2) is 42.9 Å². The second-order valence-corrected chi connectivity index (χ2v) is 14.5. The van der Waals surface area contributed by atoms with Gasteiger partial charge < -0.3 is 25.0 Å².